The van der Waals surface area contributed by atoms with Crippen LogP contribution in [0.2, 0.25) is 0 Å². The predicted molar refractivity (Wildman–Crippen MR) is 94.4 cm³/mol. The van der Waals surface area contributed by atoms with Crippen molar-refractivity contribution in [3.8, 4) is 11.5 Å². The molecule has 4 atom stereocenters. The number of amides is 1. The molecular formula is C21H20NO4-. The van der Waals surface area contributed by atoms with Gasteiger partial charge < -0.3 is 20.0 Å². The molecule has 5 nitrogen and oxygen atoms in total. The highest BCUT2D eigenvalue weighted by atomic mass is 16.5. The number of carboxylic acid groups (broad SMARTS) is 1. The third-order valence-electron chi connectivity index (χ3n) is 5.59. The van der Waals surface area contributed by atoms with Crippen molar-refractivity contribution in [2.24, 2.45) is 23.7 Å². The smallest absolute Gasteiger partial charge is 0.228 e. The summed E-state index contributed by atoms with van der Waals surface area (Å²) in [5, 5.41) is 14.3. The first-order valence-corrected chi connectivity index (χ1v) is 8.96. The van der Waals surface area contributed by atoms with Gasteiger partial charge in [-0.1, -0.05) is 18.2 Å². The fourth-order valence-electron chi connectivity index (χ4n) is 4.46. The van der Waals surface area contributed by atoms with Crippen molar-refractivity contribution in [1.29, 1.82) is 0 Å². The predicted octanol–water partition coefficient (Wildman–Crippen LogP) is 2.83. The van der Waals surface area contributed by atoms with E-state index in [1.807, 2.05) is 30.3 Å². The van der Waals surface area contributed by atoms with Crippen LogP contribution in [-0.2, 0) is 9.59 Å². The van der Waals surface area contributed by atoms with Gasteiger partial charge in [0.2, 0.25) is 5.91 Å². The zero-order valence-corrected chi connectivity index (χ0v) is 14.3. The van der Waals surface area contributed by atoms with Crippen LogP contribution in [0.4, 0.5) is 5.69 Å². The molecule has 134 valence electrons. The lowest BCUT2D eigenvalue weighted by Crippen LogP contribution is -2.43. The Bertz CT molecular complexity index is 803. The lowest BCUT2D eigenvalue weighted by molar-refractivity contribution is -0.314. The maximum Gasteiger partial charge on any atom is 0.228 e. The van der Waals surface area contributed by atoms with E-state index in [0.29, 0.717) is 11.4 Å². The zero-order valence-electron chi connectivity index (χ0n) is 14.3. The van der Waals surface area contributed by atoms with Gasteiger partial charge in [0.15, 0.2) is 0 Å². The van der Waals surface area contributed by atoms with E-state index in [1.165, 1.54) is 0 Å². The number of hydrogen-bond donors (Lipinski definition) is 1. The second-order valence-electron chi connectivity index (χ2n) is 7.13. The van der Waals surface area contributed by atoms with Gasteiger partial charge in [-0.3, -0.25) is 4.79 Å². The monoisotopic (exact) mass is 350 g/mol. The summed E-state index contributed by atoms with van der Waals surface area (Å²) in [6.07, 6.45) is 2.63. The first-order valence-electron chi connectivity index (χ1n) is 8.96. The summed E-state index contributed by atoms with van der Waals surface area (Å²) in [5.41, 5.74) is 0.635. The average molecular weight is 350 g/mol. The number of nitrogens with one attached hydrogen (secondary N) is 1. The second-order valence-corrected chi connectivity index (χ2v) is 7.13. The number of hydrogen-bond acceptors (Lipinski definition) is 4. The average Bonchev–Trinajstić information content (AvgIpc) is 3.25. The molecule has 2 aliphatic rings. The van der Waals surface area contributed by atoms with Gasteiger partial charge in [0.1, 0.15) is 11.5 Å². The van der Waals surface area contributed by atoms with Gasteiger partial charge in [-0.2, -0.15) is 0 Å². The molecule has 5 heteroatoms. The van der Waals surface area contributed by atoms with Crippen molar-refractivity contribution < 1.29 is 19.4 Å². The summed E-state index contributed by atoms with van der Waals surface area (Å²) >= 11 is 0. The molecule has 2 bridgehead atoms. The first-order chi connectivity index (χ1) is 12.6. The van der Waals surface area contributed by atoms with Crippen LogP contribution in [0.5, 0.6) is 11.5 Å². The summed E-state index contributed by atoms with van der Waals surface area (Å²) in [4.78, 5) is 24.1. The van der Waals surface area contributed by atoms with E-state index < -0.39 is 17.8 Å². The molecule has 2 aromatic carbocycles. The Morgan fingerprint density at radius 1 is 0.885 bits per heavy atom. The molecule has 26 heavy (non-hydrogen) atoms. The Hall–Kier alpha value is -2.82. The molecule has 2 aliphatic carbocycles. The van der Waals surface area contributed by atoms with Crippen molar-refractivity contribution in [3.63, 3.8) is 0 Å². The van der Waals surface area contributed by atoms with Gasteiger partial charge in [0.05, 0.1) is 0 Å². The van der Waals surface area contributed by atoms with Crippen molar-refractivity contribution in [2.45, 2.75) is 19.3 Å². The SMILES string of the molecule is O=C(Nc1ccc(Oc2ccccc2)cc1)[C@@H]1[C@H]2CC[C@@H](C2)[C@@H]1C(=O)[O-]. The van der Waals surface area contributed by atoms with Gasteiger partial charge in [0, 0.05) is 23.5 Å². The second kappa shape index (κ2) is 6.83. The largest absolute Gasteiger partial charge is 0.550 e. The Morgan fingerprint density at radius 2 is 1.50 bits per heavy atom. The van der Waals surface area contributed by atoms with Gasteiger partial charge >= 0.3 is 0 Å². The highest BCUT2D eigenvalue weighted by molar-refractivity contribution is 5.95. The van der Waals surface area contributed by atoms with Gasteiger partial charge in [-0.25, -0.2) is 0 Å². The van der Waals surface area contributed by atoms with Crippen LogP contribution >= 0.6 is 0 Å². The molecule has 2 fully saturated rings. The number of rotatable bonds is 5. The lowest BCUT2D eigenvalue weighted by Gasteiger charge is -2.30. The summed E-state index contributed by atoms with van der Waals surface area (Å²) in [6, 6.07) is 16.5. The summed E-state index contributed by atoms with van der Waals surface area (Å²) in [5.74, 6) is -0.809. The number of para-hydroxylation sites is 1. The van der Waals surface area contributed by atoms with E-state index in [-0.39, 0.29) is 17.7 Å². The van der Waals surface area contributed by atoms with E-state index >= 15 is 0 Å². The van der Waals surface area contributed by atoms with Crippen LogP contribution < -0.4 is 15.2 Å². The maximum atomic E-state index is 12.7. The molecule has 0 radical (unpaired) electrons. The van der Waals surface area contributed by atoms with Crippen LogP contribution in [0.3, 0.4) is 0 Å². The quantitative estimate of drug-likeness (QED) is 0.899. The summed E-state index contributed by atoms with van der Waals surface area (Å²) in [6.45, 7) is 0. The third-order valence-corrected chi connectivity index (χ3v) is 5.59. The third kappa shape index (κ3) is 3.17. The fraction of sp³-hybridized carbons (Fsp3) is 0.333. The number of anilines is 1. The normalized spacial score (nSPS) is 26.5. The van der Waals surface area contributed by atoms with Crippen molar-refractivity contribution >= 4 is 17.6 Å². The van der Waals surface area contributed by atoms with Gasteiger partial charge in [-0.15, -0.1) is 0 Å². The van der Waals surface area contributed by atoms with Gasteiger partial charge in [0.25, 0.3) is 0 Å². The highest BCUT2D eigenvalue weighted by Gasteiger charge is 2.51. The van der Waals surface area contributed by atoms with Crippen molar-refractivity contribution in [2.75, 3.05) is 5.32 Å². The zero-order chi connectivity index (χ0) is 18.1. The number of aliphatic carboxylic acids is 1. The molecule has 0 aliphatic heterocycles. The van der Waals surface area contributed by atoms with E-state index in [0.717, 1.165) is 25.0 Å². The standard InChI is InChI=1S/C21H21NO4/c23-20(18-13-6-7-14(12-13)19(18)21(24)25)22-15-8-10-17(11-9-15)26-16-4-2-1-3-5-16/h1-5,8-11,13-14,18-19H,6-7,12H2,(H,22,23)(H,24,25)/p-1/t13-,14-,18+,19-/m0/s1. The topological polar surface area (TPSA) is 78.5 Å². The van der Waals surface area contributed by atoms with Crippen LogP contribution in [0.15, 0.2) is 54.6 Å². The molecule has 0 heterocycles. The van der Waals surface area contributed by atoms with E-state index in [9.17, 15) is 14.7 Å². The van der Waals surface area contributed by atoms with Crippen LogP contribution in [0, 0.1) is 23.7 Å². The van der Waals surface area contributed by atoms with Gasteiger partial charge in [-0.05, 0) is 67.5 Å². The lowest BCUT2D eigenvalue weighted by atomic mass is 9.78. The molecule has 0 spiro atoms. The number of fused-ring (bicyclic) bond motifs is 2. The molecule has 2 saturated carbocycles. The molecule has 0 aromatic heterocycles. The minimum atomic E-state index is -1.09. The number of benzene rings is 2. The highest BCUT2D eigenvalue weighted by Crippen LogP contribution is 2.52. The Balaban J connectivity index is 1.42. The van der Waals surface area contributed by atoms with Crippen molar-refractivity contribution in [3.05, 3.63) is 54.6 Å². The number of carboxylic acids is 1. The Labute approximate surface area is 152 Å². The van der Waals surface area contributed by atoms with Crippen LogP contribution in [0.25, 0.3) is 0 Å². The molecule has 1 amide bonds. The van der Waals surface area contributed by atoms with Crippen LogP contribution in [0.1, 0.15) is 19.3 Å². The minimum Gasteiger partial charge on any atom is -0.550 e. The van der Waals surface area contributed by atoms with E-state index in [1.54, 1.807) is 24.3 Å². The van der Waals surface area contributed by atoms with E-state index in [4.69, 9.17) is 4.74 Å². The first kappa shape index (κ1) is 16.6. The molecule has 4 rings (SSSR count). The van der Waals surface area contributed by atoms with Crippen LogP contribution in [-0.4, -0.2) is 11.9 Å². The number of carbonyl (C=O) groups is 2. The Kier molecular flexibility index (Phi) is 4.37. The van der Waals surface area contributed by atoms with Crippen molar-refractivity contribution in [1.82, 2.24) is 0 Å². The molecule has 0 saturated heterocycles. The Morgan fingerprint density at radius 3 is 2.15 bits per heavy atom. The fourth-order valence-corrected chi connectivity index (χ4v) is 4.46. The molecule has 0 unspecified atom stereocenters. The summed E-state index contributed by atoms with van der Waals surface area (Å²) < 4.78 is 5.73. The number of ether oxygens (including phenoxy) is 1. The maximum absolute atomic E-state index is 12.7. The minimum absolute atomic E-state index is 0.0856. The molecule has 1 N–H and O–H groups in total. The summed E-state index contributed by atoms with van der Waals surface area (Å²) in [7, 11) is 0. The molecular weight excluding hydrogens is 330 g/mol. The number of carbonyl (C=O) groups excluding carboxylic acids is 2. The molecule has 2 aromatic rings. The van der Waals surface area contributed by atoms with E-state index in [2.05, 4.69) is 5.32 Å².